The summed E-state index contributed by atoms with van der Waals surface area (Å²) < 4.78 is 38.5. The Morgan fingerprint density at radius 3 is 2.38 bits per heavy atom. The number of hydrogen-bond acceptors (Lipinski definition) is 6. The quantitative estimate of drug-likeness (QED) is 0.591. The molecule has 2 amide bonds. The first-order valence-electron chi connectivity index (χ1n) is 9.07. The Morgan fingerprint density at radius 1 is 1.07 bits per heavy atom. The van der Waals surface area contributed by atoms with Gasteiger partial charge >= 0.3 is 16.1 Å². The highest BCUT2D eigenvalue weighted by Crippen LogP contribution is 2.24. The lowest BCUT2D eigenvalue weighted by Gasteiger charge is -2.23. The minimum atomic E-state index is -3.58. The van der Waals surface area contributed by atoms with Crippen LogP contribution in [0.2, 0.25) is 0 Å². The molecule has 0 aliphatic heterocycles. The van der Waals surface area contributed by atoms with Crippen molar-refractivity contribution in [1.29, 1.82) is 0 Å². The van der Waals surface area contributed by atoms with Gasteiger partial charge < -0.3 is 23.9 Å². The molecule has 0 fully saturated rings. The van der Waals surface area contributed by atoms with Gasteiger partial charge in [-0.15, -0.1) is 0 Å². The first kappa shape index (κ1) is 22.5. The minimum Gasteiger partial charge on any atom is -0.495 e. The summed E-state index contributed by atoms with van der Waals surface area (Å²) in [5, 5.41) is 2.84. The van der Waals surface area contributed by atoms with Gasteiger partial charge in [0, 0.05) is 20.2 Å². The van der Waals surface area contributed by atoms with Crippen molar-refractivity contribution < 1.29 is 26.9 Å². The third-order valence-electron chi connectivity index (χ3n) is 4.07. The van der Waals surface area contributed by atoms with Crippen LogP contribution in [0.15, 0.2) is 48.5 Å². The standard InChI is InChI=1S/C20H26N2O6S/c1-4-29(24,25)28-17-11-9-16(10-12-17)15-22(13-14-26-2)20(23)21-18-7-5-6-8-19(18)27-3/h5-12H,4,13-15H2,1-3H3,(H,21,23). The molecule has 0 saturated carbocycles. The largest absolute Gasteiger partial charge is 0.495 e. The fourth-order valence-corrected chi connectivity index (χ4v) is 2.99. The normalized spacial score (nSPS) is 11.0. The molecule has 1 N–H and O–H groups in total. The van der Waals surface area contributed by atoms with Gasteiger partial charge in [0.15, 0.2) is 0 Å². The van der Waals surface area contributed by atoms with Crippen molar-refractivity contribution in [2.24, 2.45) is 0 Å². The molecule has 0 aromatic heterocycles. The van der Waals surface area contributed by atoms with Gasteiger partial charge in [-0.2, -0.15) is 8.42 Å². The van der Waals surface area contributed by atoms with Crippen LogP contribution in [0.4, 0.5) is 10.5 Å². The van der Waals surface area contributed by atoms with E-state index in [0.29, 0.717) is 31.1 Å². The topological polar surface area (TPSA) is 94.2 Å². The van der Waals surface area contributed by atoms with Crippen LogP contribution >= 0.6 is 0 Å². The van der Waals surface area contributed by atoms with Gasteiger partial charge in [0.25, 0.3) is 0 Å². The highest BCUT2D eigenvalue weighted by atomic mass is 32.2. The third kappa shape index (κ3) is 6.95. The molecule has 8 nitrogen and oxygen atoms in total. The highest BCUT2D eigenvalue weighted by molar-refractivity contribution is 7.87. The predicted molar refractivity (Wildman–Crippen MR) is 111 cm³/mol. The summed E-state index contributed by atoms with van der Waals surface area (Å²) in [6.45, 7) is 2.57. The van der Waals surface area contributed by atoms with Gasteiger partial charge in [0.1, 0.15) is 11.5 Å². The molecule has 0 radical (unpaired) electrons. The van der Waals surface area contributed by atoms with Crippen LogP contribution < -0.4 is 14.2 Å². The summed E-state index contributed by atoms with van der Waals surface area (Å²) in [5.74, 6) is 0.687. The number of hydrogen-bond donors (Lipinski definition) is 1. The summed E-state index contributed by atoms with van der Waals surface area (Å²) in [6.07, 6.45) is 0. The lowest BCUT2D eigenvalue weighted by atomic mass is 10.2. The Labute approximate surface area is 171 Å². The number of carbonyl (C=O) groups is 1. The van der Waals surface area contributed by atoms with E-state index < -0.39 is 10.1 Å². The van der Waals surface area contributed by atoms with Crippen molar-refractivity contribution in [3.8, 4) is 11.5 Å². The molecule has 0 aliphatic rings. The van der Waals surface area contributed by atoms with E-state index in [1.165, 1.54) is 14.0 Å². The van der Waals surface area contributed by atoms with Crippen LogP contribution in [0.25, 0.3) is 0 Å². The van der Waals surface area contributed by atoms with Gasteiger partial charge in [-0.1, -0.05) is 24.3 Å². The molecule has 0 saturated heterocycles. The van der Waals surface area contributed by atoms with Crippen molar-refractivity contribution in [2.75, 3.05) is 38.4 Å². The summed E-state index contributed by atoms with van der Waals surface area (Å²) in [7, 11) is -0.474. The second-order valence-corrected chi connectivity index (χ2v) is 7.98. The fraction of sp³-hybridized carbons (Fsp3) is 0.350. The molecule has 2 aromatic carbocycles. The molecule has 29 heavy (non-hydrogen) atoms. The number of anilines is 1. The number of nitrogens with one attached hydrogen (secondary N) is 1. The number of methoxy groups -OCH3 is 2. The van der Waals surface area contributed by atoms with Gasteiger partial charge in [0.05, 0.1) is 25.2 Å². The van der Waals surface area contributed by atoms with Crippen molar-refractivity contribution in [2.45, 2.75) is 13.5 Å². The van der Waals surface area contributed by atoms with Gasteiger partial charge in [-0.25, -0.2) is 4.79 Å². The van der Waals surface area contributed by atoms with Crippen LogP contribution in [0.3, 0.4) is 0 Å². The number of urea groups is 1. The molecule has 2 aromatic rings. The van der Waals surface area contributed by atoms with E-state index in [0.717, 1.165) is 5.56 Å². The van der Waals surface area contributed by atoms with Gasteiger partial charge in [0.2, 0.25) is 0 Å². The molecule has 9 heteroatoms. The zero-order chi connectivity index (χ0) is 21.3. The van der Waals surface area contributed by atoms with E-state index in [1.807, 2.05) is 6.07 Å². The summed E-state index contributed by atoms with van der Waals surface area (Å²) in [5.41, 5.74) is 1.38. The van der Waals surface area contributed by atoms with E-state index in [-0.39, 0.29) is 17.5 Å². The molecule has 0 atom stereocenters. The van der Waals surface area contributed by atoms with E-state index in [9.17, 15) is 13.2 Å². The number of ether oxygens (including phenoxy) is 2. The Morgan fingerprint density at radius 2 is 1.76 bits per heavy atom. The number of nitrogens with zero attached hydrogens (tertiary/aromatic N) is 1. The first-order chi connectivity index (χ1) is 13.9. The Bertz CT molecular complexity index is 899. The van der Waals surface area contributed by atoms with Crippen LogP contribution in [-0.4, -0.2) is 52.5 Å². The molecule has 0 bridgehead atoms. The van der Waals surface area contributed by atoms with Crippen LogP contribution in [-0.2, 0) is 21.4 Å². The number of para-hydroxylation sites is 2. The minimum absolute atomic E-state index is 0.108. The molecule has 0 unspecified atom stereocenters. The van der Waals surface area contributed by atoms with Gasteiger partial charge in [-0.05, 0) is 36.8 Å². The molecule has 0 spiro atoms. The maximum Gasteiger partial charge on any atom is 0.322 e. The maximum absolute atomic E-state index is 12.8. The zero-order valence-electron chi connectivity index (χ0n) is 16.8. The number of amides is 2. The van der Waals surface area contributed by atoms with E-state index in [1.54, 1.807) is 54.5 Å². The molecule has 158 valence electrons. The second-order valence-electron chi connectivity index (χ2n) is 6.12. The predicted octanol–water partition coefficient (Wildman–Crippen LogP) is 3.10. The molecular formula is C20H26N2O6S. The molecule has 0 heterocycles. The van der Waals surface area contributed by atoms with Gasteiger partial charge in [-0.3, -0.25) is 0 Å². The molecular weight excluding hydrogens is 396 g/mol. The summed E-state index contributed by atoms with van der Waals surface area (Å²) in [4.78, 5) is 14.4. The molecule has 0 aliphatic carbocycles. The highest BCUT2D eigenvalue weighted by Gasteiger charge is 2.16. The average Bonchev–Trinajstić information content (AvgIpc) is 2.72. The van der Waals surface area contributed by atoms with Crippen LogP contribution in [0, 0.1) is 0 Å². The molecule has 2 rings (SSSR count). The van der Waals surface area contributed by atoms with Crippen molar-refractivity contribution in [1.82, 2.24) is 4.90 Å². The Balaban J connectivity index is 2.10. The van der Waals surface area contributed by atoms with Crippen molar-refractivity contribution >= 4 is 21.8 Å². The van der Waals surface area contributed by atoms with E-state index in [2.05, 4.69) is 5.32 Å². The number of benzene rings is 2. The average molecular weight is 423 g/mol. The van der Waals surface area contributed by atoms with Crippen molar-refractivity contribution in [3.05, 3.63) is 54.1 Å². The Hall–Kier alpha value is -2.78. The van der Waals surface area contributed by atoms with E-state index >= 15 is 0 Å². The summed E-state index contributed by atoms with van der Waals surface area (Å²) >= 11 is 0. The lowest BCUT2D eigenvalue weighted by molar-refractivity contribution is 0.153. The van der Waals surface area contributed by atoms with Crippen LogP contribution in [0.5, 0.6) is 11.5 Å². The second kappa shape index (κ2) is 10.7. The SMILES string of the molecule is CCS(=O)(=O)Oc1ccc(CN(CCOC)C(=O)Nc2ccccc2OC)cc1. The monoisotopic (exact) mass is 422 g/mol. The lowest BCUT2D eigenvalue weighted by Crippen LogP contribution is -2.36. The third-order valence-corrected chi connectivity index (χ3v) is 5.23. The number of carbonyl (C=O) groups excluding carboxylic acids is 1. The number of rotatable bonds is 10. The maximum atomic E-state index is 12.8. The summed E-state index contributed by atoms with van der Waals surface area (Å²) in [6, 6.07) is 13.4. The van der Waals surface area contributed by atoms with Crippen LogP contribution in [0.1, 0.15) is 12.5 Å². The van der Waals surface area contributed by atoms with Crippen molar-refractivity contribution in [3.63, 3.8) is 0 Å². The van der Waals surface area contributed by atoms with E-state index in [4.69, 9.17) is 13.7 Å². The smallest absolute Gasteiger partial charge is 0.322 e. The fourth-order valence-electron chi connectivity index (χ4n) is 2.47. The Kier molecular flexibility index (Phi) is 8.29. The first-order valence-corrected chi connectivity index (χ1v) is 10.6. The zero-order valence-corrected chi connectivity index (χ0v) is 17.6.